The van der Waals surface area contributed by atoms with Crippen molar-refractivity contribution < 1.29 is 9.13 Å². The van der Waals surface area contributed by atoms with Gasteiger partial charge in [0.15, 0.2) is 11.6 Å². The third kappa shape index (κ3) is 4.79. The van der Waals surface area contributed by atoms with E-state index in [0.717, 1.165) is 10.0 Å². The molecule has 0 atom stereocenters. The van der Waals surface area contributed by atoms with E-state index in [0.29, 0.717) is 12.3 Å². The van der Waals surface area contributed by atoms with E-state index < -0.39 is 5.82 Å². The first-order chi connectivity index (χ1) is 9.85. The average Bonchev–Trinajstić information content (AvgIpc) is 2.41. The number of rotatable bonds is 4. The minimum atomic E-state index is -0.398. The molecule has 0 aliphatic heterocycles. The molecule has 3 nitrogen and oxygen atoms in total. The van der Waals surface area contributed by atoms with Gasteiger partial charge in [0.05, 0.1) is 0 Å². The number of pyridine rings is 1. The van der Waals surface area contributed by atoms with Gasteiger partial charge in [-0.05, 0) is 45.0 Å². The molecule has 1 heterocycles. The molecule has 0 aliphatic carbocycles. The summed E-state index contributed by atoms with van der Waals surface area (Å²) in [6, 6.07) is 6.35. The fourth-order valence-electron chi connectivity index (χ4n) is 1.68. The Morgan fingerprint density at radius 3 is 2.71 bits per heavy atom. The van der Waals surface area contributed by atoms with E-state index in [4.69, 9.17) is 4.74 Å². The zero-order chi connectivity index (χ0) is 15.5. The van der Waals surface area contributed by atoms with Gasteiger partial charge >= 0.3 is 0 Å². The largest absolute Gasteiger partial charge is 0.454 e. The average molecular weight is 353 g/mol. The number of benzene rings is 1. The van der Waals surface area contributed by atoms with E-state index in [1.807, 2.05) is 0 Å². The second-order valence-corrected chi connectivity index (χ2v) is 6.68. The van der Waals surface area contributed by atoms with Gasteiger partial charge in [-0.2, -0.15) is 0 Å². The van der Waals surface area contributed by atoms with Crippen molar-refractivity contribution >= 4 is 15.9 Å². The first kappa shape index (κ1) is 15.9. The van der Waals surface area contributed by atoms with Crippen molar-refractivity contribution in [1.29, 1.82) is 0 Å². The van der Waals surface area contributed by atoms with Crippen molar-refractivity contribution in [2.75, 3.05) is 0 Å². The van der Waals surface area contributed by atoms with Crippen LogP contribution in [0.25, 0.3) is 0 Å². The number of hydrogen-bond donors (Lipinski definition) is 1. The van der Waals surface area contributed by atoms with Crippen LogP contribution in [0.4, 0.5) is 4.39 Å². The van der Waals surface area contributed by atoms with Crippen LogP contribution in [0.2, 0.25) is 0 Å². The summed E-state index contributed by atoms with van der Waals surface area (Å²) in [6.07, 6.45) is 3.36. The van der Waals surface area contributed by atoms with Crippen molar-refractivity contribution in [2.45, 2.75) is 32.9 Å². The van der Waals surface area contributed by atoms with Crippen molar-refractivity contribution in [1.82, 2.24) is 10.3 Å². The van der Waals surface area contributed by atoms with Gasteiger partial charge in [0.25, 0.3) is 0 Å². The highest BCUT2D eigenvalue weighted by Crippen LogP contribution is 2.29. The third-order valence-corrected chi connectivity index (χ3v) is 3.27. The summed E-state index contributed by atoms with van der Waals surface area (Å²) in [5.74, 6) is 0.385. The molecular weight excluding hydrogens is 335 g/mol. The molecule has 0 saturated carbocycles. The summed E-state index contributed by atoms with van der Waals surface area (Å²) in [7, 11) is 0. The summed E-state index contributed by atoms with van der Waals surface area (Å²) >= 11 is 3.31. The van der Waals surface area contributed by atoms with Gasteiger partial charge < -0.3 is 10.1 Å². The molecule has 5 heteroatoms. The fourth-order valence-corrected chi connectivity index (χ4v) is 2.02. The molecule has 0 bridgehead atoms. The van der Waals surface area contributed by atoms with E-state index in [2.05, 4.69) is 47.0 Å². The van der Waals surface area contributed by atoms with Crippen LogP contribution in [0, 0.1) is 5.82 Å². The minimum absolute atomic E-state index is 0.0197. The second kappa shape index (κ2) is 6.54. The molecule has 0 saturated heterocycles. The van der Waals surface area contributed by atoms with E-state index >= 15 is 0 Å². The quantitative estimate of drug-likeness (QED) is 0.868. The van der Waals surface area contributed by atoms with Gasteiger partial charge in [-0.25, -0.2) is 4.39 Å². The first-order valence-electron chi connectivity index (χ1n) is 6.66. The number of nitrogens with one attached hydrogen (secondary N) is 1. The lowest BCUT2D eigenvalue weighted by atomic mass is 10.1. The van der Waals surface area contributed by atoms with Crippen LogP contribution in [-0.2, 0) is 6.54 Å². The van der Waals surface area contributed by atoms with Crippen LogP contribution in [0.3, 0.4) is 0 Å². The minimum Gasteiger partial charge on any atom is -0.454 e. The Morgan fingerprint density at radius 1 is 1.24 bits per heavy atom. The molecule has 112 valence electrons. The Labute approximate surface area is 132 Å². The predicted octanol–water partition coefficient (Wildman–Crippen LogP) is 4.66. The smallest absolute Gasteiger partial charge is 0.165 e. The molecule has 1 aromatic heterocycles. The molecule has 0 fully saturated rings. The molecule has 21 heavy (non-hydrogen) atoms. The SMILES string of the molecule is CC(C)(C)NCc1cnccc1Oc1cc(Br)ccc1F. The molecule has 1 N–H and O–H groups in total. The second-order valence-electron chi connectivity index (χ2n) is 5.76. The molecular formula is C16H18BrFN2O. The number of aromatic nitrogens is 1. The maximum Gasteiger partial charge on any atom is 0.165 e. The maximum absolute atomic E-state index is 13.8. The van der Waals surface area contributed by atoms with Gasteiger partial charge in [-0.3, -0.25) is 4.98 Å². The Morgan fingerprint density at radius 2 is 2.00 bits per heavy atom. The molecule has 0 aliphatic rings. The molecule has 0 radical (unpaired) electrons. The Kier molecular flexibility index (Phi) is 4.96. The Balaban J connectivity index is 2.22. The van der Waals surface area contributed by atoms with Gasteiger partial charge in [0, 0.05) is 34.5 Å². The van der Waals surface area contributed by atoms with Gasteiger partial charge in [-0.1, -0.05) is 15.9 Å². The normalized spacial score (nSPS) is 11.5. The van der Waals surface area contributed by atoms with Crippen molar-refractivity contribution in [3.63, 3.8) is 0 Å². The summed E-state index contributed by atoms with van der Waals surface area (Å²) in [5.41, 5.74) is 0.862. The summed E-state index contributed by atoms with van der Waals surface area (Å²) in [6.45, 7) is 6.84. The predicted molar refractivity (Wildman–Crippen MR) is 85.0 cm³/mol. The molecule has 0 unspecified atom stereocenters. The Bertz CT molecular complexity index is 626. The molecule has 2 rings (SSSR count). The lowest BCUT2D eigenvalue weighted by Gasteiger charge is -2.21. The monoisotopic (exact) mass is 352 g/mol. The highest BCUT2D eigenvalue weighted by atomic mass is 79.9. The van der Waals surface area contributed by atoms with Gasteiger partial charge in [0.1, 0.15) is 5.75 Å². The van der Waals surface area contributed by atoms with Crippen LogP contribution < -0.4 is 10.1 Å². The molecule has 0 amide bonds. The summed E-state index contributed by atoms with van der Waals surface area (Å²) < 4.78 is 20.3. The summed E-state index contributed by atoms with van der Waals surface area (Å²) in [4.78, 5) is 4.10. The van der Waals surface area contributed by atoms with Crippen LogP contribution in [0.15, 0.2) is 41.1 Å². The third-order valence-electron chi connectivity index (χ3n) is 2.78. The number of nitrogens with zero attached hydrogens (tertiary/aromatic N) is 1. The number of halogens is 2. The molecule has 2 aromatic rings. The van der Waals surface area contributed by atoms with Gasteiger partial charge in [-0.15, -0.1) is 0 Å². The van der Waals surface area contributed by atoms with Crippen LogP contribution in [-0.4, -0.2) is 10.5 Å². The lowest BCUT2D eigenvalue weighted by molar-refractivity contribution is 0.406. The number of ether oxygens (including phenoxy) is 1. The van der Waals surface area contributed by atoms with Crippen LogP contribution in [0.1, 0.15) is 26.3 Å². The molecule has 1 aromatic carbocycles. The zero-order valence-corrected chi connectivity index (χ0v) is 13.9. The van der Waals surface area contributed by atoms with Crippen molar-refractivity contribution in [3.8, 4) is 11.5 Å². The van der Waals surface area contributed by atoms with E-state index in [-0.39, 0.29) is 11.3 Å². The van der Waals surface area contributed by atoms with Crippen LogP contribution in [0.5, 0.6) is 11.5 Å². The van der Waals surface area contributed by atoms with E-state index in [9.17, 15) is 4.39 Å². The first-order valence-corrected chi connectivity index (χ1v) is 7.45. The highest BCUT2D eigenvalue weighted by molar-refractivity contribution is 9.10. The van der Waals surface area contributed by atoms with E-state index in [1.54, 1.807) is 30.6 Å². The standard InChI is InChI=1S/C16H18BrFN2O/c1-16(2,3)20-10-11-9-19-7-6-14(11)21-15-8-12(17)4-5-13(15)18/h4-9,20H,10H2,1-3H3. The number of hydrogen-bond acceptors (Lipinski definition) is 3. The van der Waals surface area contributed by atoms with E-state index in [1.165, 1.54) is 6.07 Å². The fraction of sp³-hybridized carbons (Fsp3) is 0.312. The highest BCUT2D eigenvalue weighted by Gasteiger charge is 2.13. The van der Waals surface area contributed by atoms with Crippen LogP contribution >= 0.6 is 15.9 Å². The van der Waals surface area contributed by atoms with Gasteiger partial charge in [0.2, 0.25) is 0 Å². The topological polar surface area (TPSA) is 34.2 Å². The maximum atomic E-state index is 13.8. The summed E-state index contributed by atoms with van der Waals surface area (Å²) in [5, 5.41) is 3.37. The zero-order valence-electron chi connectivity index (χ0n) is 12.3. The Hall–Kier alpha value is -1.46. The molecule has 0 spiro atoms. The van der Waals surface area contributed by atoms with Crippen molar-refractivity contribution in [3.05, 3.63) is 52.5 Å². The lowest BCUT2D eigenvalue weighted by Crippen LogP contribution is -2.35. The van der Waals surface area contributed by atoms with Crippen molar-refractivity contribution in [2.24, 2.45) is 0 Å².